The number of nitrogens with one attached hydrogen (secondary N) is 1. The van der Waals surface area contributed by atoms with Crippen LogP contribution in [0.3, 0.4) is 0 Å². The molecule has 2 nitrogen and oxygen atoms in total. The summed E-state index contributed by atoms with van der Waals surface area (Å²) in [6.45, 7) is 6.04. The Kier molecular flexibility index (Phi) is 6.71. The van der Waals surface area contributed by atoms with Crippen LogP contribution in [-0.4, -0.2) is 19.2 Å². The Labute approximate surface area is 113 Å². The molecule has 1 atom stereocenters. The Morgan fingerprint density at radius 2 is 2.12 bits per heavy atom. The van der Waals surface area contributed by atoms with E-state index in [2.05, 4.69) is 12.2 Å². The summed E-state index contributed by atoms with van der Waals surface area (Å²) in [7, 11) is 0. The van der Waals surface area contributed by atoms with Crippen molar-refractivity contribution in [2.45, 2.75) is 32.8 Å². The van der Waals surface area contributed by atoms with Gasteiger partial charge >= 0.3 is 0 Å². The maximum absolute atomic E-state index is 6.03. The summed E-state index contributed by atoms with van der Waals surface area (Å²) >= 11 is 11.8. The van der Waals surface area contributed by atoms with Crippen molar-refractivity contribution in [3.63, 3.8) is 0 Å². The number of hydrogen-bond acceptors (Lipinski definition) is 2. The first kappa shape index (κ1) is 14.6. The van der Waals surface area contributed by atoms with E-state index in [0.29, 0.717) is 15.8 Å². The fourth-order valence-electron chi connectivity index (χ4n) is 1.44. The lowest BCUT2D eigenvalue weighted by Gasteiger charge is -2.16. The molecule has 4 heteroatoms. The first-order chi connectivity index (χ1) is 8.13. The van der Waals surface area contributed by atoms with Crippen molar-refractivity contribution < 1.29 is 4.74 Å². The third-order valence-corrected chi connectivity index (χ3v) is 2.89. The van der Waals surface area contributed by atoms with Gasteiger partial charge in [0.05, 0.1) is 5.02 Å². The van der Waals surface area contributed by atoms with Crippen LogP contribution < -0.4 is 10.1 Å². The van der Waals surface area contributed by atoms with Crippen LogP contribution in [0, 0.1) is 0 Å². The van der Waals surface area contributed by atoms with Gasteiger partial charge in [0.2, 0.25) is 0 Å². The number of hydrogen-bond donors (Lipinski definition) is 1. The molecule has 17 heavy (non-hydrogen) atoms. The molecule has 0 heterocycles. The maximum atomic E-state index is 6.03. The van der Waals surface area contributed by atoms with Gasteiger partial charge in [0, 0.05) is 11.6 Å². The highest BCUT2D eigenvalue weighted by molar-refractivity contribution is 6.35. The summed E-state index contributed by atoms with van der Waals surface area (Å²) in [6.07, 6.45) is 2.48. The third kappa shape index (κ3) is 5.62. The van der Waals surface area contributed by atoms with Crippen molar-refractivity contribution in [1.29, 1.82) is 0 Å². The zero-order chi connectivity index (χ0) is 12.7. The molecule has 1 aromatic carbocycles. The van der Waals surface area contributed by atoms with Crippen LogP contribution in [0.25, 0.3) is 0 Å². The van der Waals surface area contributed by atoms with Crippen LogP contribution in [-0.2, 0) is 0 Å². The van der Waals surface area contributed by atoms with Gasteiger partial charge in [0.1, 0.15) is 11.9 Å². The number of halogens is 2. The van der Waals surface area contributed by atoms with E-state index in [4.69, 9.17) is 27.9 Å². The molecule has 1 aromatic rings. The van der Waals surface area contributed by atoms with Crippen LogP contribution >= 0.6 is 23.2 Å². The first-order valence-corrected chi connectivity index (χ1v) is 6.71. The van der Waals surface area contributed by atoms with Crippen molar-refractivity contribution in [3.8, 4) is 5.75 Å². The van der Waals surface area contributed by atoms with Gasteiger partial charge in [-0.05, 0) is 38.1 Å². The Morgan fingerprint density at radius 3 is 2.76 bits per heavy atom. The summed E-state index contributed by atoms with van der Waals surface area (Å²) in [6, 6.07) is 5.27. The molecule has 1 N–H and O–H groups in total. The highest BCUT2D eigenvalue weighted by Gasteiger charge is 2.07. The minimum Gasteiger partial charge on any atom is -0.488 e. The predicted molar refractivity (Wildman–Crippen MR) is 74.3 cm³/mol. The summed E-state index contributed by atoms with van der Waals surface area (Å²) < 4.78 is 5.73. The molecule has 0 aromatic heterocycles. The molecule has 0 aliphatic heterocycles. The van der Waals surface area contributed by atoms with E-state index in [0.717, 1.165) is 13.1 Å². The van der Waals surface area contributed by atoms with Gasteiger partial charge in [0.25, 0.3) is 0 Å². The Balaban J connectivity index is 2.37. The fraction of sp³-hybridized carbons (Fsp3) is 0.538. The zero-order valence-electron chi connectivity index (χ0n) is 10.3. The lowest BCUT2D eigenvalue weighted by Crippen LogP contribution is -2.29. The molecule has 0 amide bonds. The van der Waals surface area contributed by atoms with Crippen molar-refractivity contribution in [2.24, 2.45) is 0 Å². The highest BCUT2D eigenvalue weighted by Crippen LogP contribution is 2.28. The van der Waals surface area contributed by atoms with Gasteiger partial charge in [-0.3, -0.25) is 0 Å². The van der Waals surface area contributed by atoms with Crippen molar-refractivity contribution in [1.82, 2.24) is 5.32 Å². The summed E-state index contributed by atoms with van der Waals surface area (Å²) in [5.74, 6) is 0.681. The van der Waals surface area contributed by atoms with Crippen LogP contribution in [0.15, 0.2) is 18.2 Å². The predicted octanol–water partition coefficient (Wildman–Crippen LogP) is 4.15. The molecule has 0 aliphatic rings. The molecular weight excluding hydrogens is 257 g/mol. The van der Waals surface area contributed by atoms with Crippen molar-refractivity contribution in [2.75, 3.05) is 13.1 Å². The monoisotopic (exact) mass is 275 g/mol. The summed E-state index contributed by atoms with van der Waals surface area (Å²) in [5, 5.41) is 4.52. The van der Waals surface area contributed by atoms with Crippen LogP contribution in [0.5, 0.6) is 5.75 Å². The minimum absolute atomic E-state index is 0.0885. The van der Waals surface area contributed by atoms with E-state index in [1.165, 1.54) is 12.8 Å². The Morgan fingerprint density at radius 1 is 1.35 bits per heavy atom. The smallest absolute Gasteiger partial charge is 0.138 e. The molecule has 0 spiro atoms. The third-order valence-electron chi connectivity index (χ3n) is 2.36. The number of unbranched alkanes of at least 4 members (excludes halogenated alkanes) is 1. The van der Waals surface area contributed by atoms with Crippen molar-refractivity contribution >= 4 is 23.2 Å². The quantitative estimate of drug-likeness (QED) is 0.755. The first-order valence-electron chi connectivity index (χ1n) is 5.96. The van der Waals surface area contributed by atoms with E-state index < -0.39 is 0 Å². The molecule has 0 fully saturated rings. The second-order valence-corrected chi connectivity index (χ2v) is 4.90. The summed E-state index contributed by atoms with van der Waals surface area (Å²) in [4.78, 5) is 0. The molecule has 0 saturated heterocycles. The van der Waals surface area contributed by atoms with Gasteiger partial charge in [-0.25, -0.2) is 0 Å². The normalized spacial score (nSPS) is 12.5. The van der Waals surface area contributed by atoms with E-state index in [1.807, 2.05) is 6.92 Å². The van der Waals surface area contributed by atoms with E-state index >= 15 is 0 Å². The van der Waals surface area contributed by atoms with Gasteiger partial charge in [-0.15, -0.1) is 0 Å². The molecule has 96 valence electrons. The minimum atomic E-state index is 0.0885. The van der Waals surface area contributed by atoms with Gasteiger partial charge in [-0.1, -0.05) is 36.5 Å². The SMILES string of the molecule is CCCCNCC(C)Oc1ccc(Cl)cc1Cl. The molecule has 0 bridgehead atoms. The van der Waals surface area contributed by atoms with E-state index in [-0.39, 0.29) is 6.10 Å². The van der Waals surface area contributed by atoms with E-state index in [1.54, 1.807) is 18.2 Å². The maximum Gasteiger partial charge on any atom is 0.138 e. The fourth-order valence-corrected chi connectivity index (χ4v) is 1.89. The molecule has 1 rings (SSSR count). The number of benzene rings is 1. The largest absolute Gasteiger partial charge is 0.488 e. The topological polar surface area (TPSA) is 21.3 Å². The standard InChI is InChI=1S/C13H19Cl2NO/c1-3-4-7-16-9-10(2)17-13-6-5-11(14)8-12(13)15/h5-6,8,10,16H,3-4,7,9H2,1-2H3. The van der Waals surface area contributed by atoms with Crippen molar-refractivity contribution in [3.05, 3.63) is 28.2 Å². The Bertz CT molecular complexity index is 344. The number of rotatable bonds is 7. The average molecular weight is 276 g/mol. The lowest BCUT2D eigenvalue weighted by atomic mass is 10.3. The molecule has 0 saturated carbocycles. The Hall–Kier alpha value is -0.440. The van der Waals surface area contributed by atoms with Gasteiger partial charge < -0.3 is 10.1 Å². The molecular formula is C13H19Cl2NO. The molecule has 0 radical (unpaired) electrons. The highest BCUT2D eigenvalue weighted by atomic mass is 35.5. The average Bonchev–Trinajstić information content (AvgIpc) is 2.28. The second kappa shape index (κ2) is 7.80. The summed E-state index contributed by atoms with van der Waals surface area (Å²) in [5.41, 5.74) is 0. The van der Waals surface area contributed by atoms with Crippen LogP contribution in [0.1, 0.15) is 26.7 Å². The molecule has 0 aliphatic carbocycles. The van der Waals surface area contributed by atoms with E-state index in [9.17, 15) is 0 Å². The van der Waals surface area contributed by atoms with Crippen LogP contribution in [0.2, 0.25) is 10.0 Å². The van der Waals surface area contributed by atoms with Gasteiger partial charge in [0.15, 0.2) is 0 Å². The van der Waals surface area contributed by atoms with Crippen LogP contribution in [0.4, 0.5) is 0 Å². The molecule has 1 unspecified atom stereocenters. The number of ether oxygens (including phenoxy) is 1. The second-order valence-electron chi connectivity index (χ2n) is 4.06. The van der Waals surface area contributed by atoms with Gasteiger partial charge in [-0.2, -0.15) is 0 Å². The zero-order valence-corrected chi connectivity index (χ0v) is 11.8. The lowest BCUT2D eigenvalue weighted by molar-refractivity contribution is 0.217.